The molecule has 2 aromatic heterocycles. The number of rotatable bonds is 3. The van der Waals surface area contributed by atoms with Gasteiger partial charge in [0.15, 0.2) is 0 Å². The van der Waals surface area contributed by atoms with Gasteiger partial charge in [-0.15, -0.1) is 5.10 Å². The van der Waals surface area contributed by atoms with Gasteiger partial charge in [0.1, 0.15) is 5.76 Å². The van der Waals surface area contributed by atoms with E-state index in [-0.39, 0.29) is 12.1 Å². The highest BCUT2D eigenvalue weighted by molar-refractivity contribution is 5.09. The largest absolute Gasteiger partial charge is 0.370 e. The molecule has 2 aromatic rings. The number of nitrogens with zero attached hydrogens (tertiary/aromatic N) is 5. The van der Waals surface area contributed by atoms with Gasteiger partial charge in [0.2, 0.25) is 0 Å². The third kappa shape index (κ3) is 2.44. The molecular weight excluding hydrogens is 282 g/mol. The van der Waals surface area contributed by atoms with E-state index in [2.05, 4.69) is 40.3 Å². The van der Waals surface area contributed by atoms with Crippen LogP contribution in [0.2, 0.25) is 0 Å². The maximum Gasteiger partial charge on any atom is 0.139 e. The first-order chi connectivity index (χ1) is 10.7. The van der Waals surface area contributed by atoms with E-state index in [0.717, 1.165) is 43.2 Å². The zero-order chi connectivity index (χ0) is 15.1. The second-order valence-electron chi connectivity index (χ2n) is 6.49. The molecule has 118 valence electrons. The molecule has 7 heteroatoms. The van der Waals surface area contributed by atoms with Gasteiger partial charge in [-0.05, 0) is 6.42 Å². The van der Waals surface area contributed by atoms with Crippen LogP contribution < -0.4 is 0 Å². The molecule has 4 rings (SSSR count). The molecule has 2 aliphatic rings. The molecule has 2 aliphatic heterocycles. The third-order valence-corrected chi connectivity index (χ3v) is 4.54. The summed E-state index contributed by atoms with van der Waals surface area (Å²) in [7, 11) is 0. The summed E-state index contributed by atoms with van der Waals surface area (Å²) in [6.45, 7) is 7.57. The fraction of sp³-hybridized carbons (Fsp3) is 0.667. The third-order valence-electron chi connectivity index (χ3n) is 4.54. The lowest BCUT2D eigenvalue weighted by atomic mass is 10.0. The SMILES string of the molecule is CC(C)c1cc(CN2CC[C@H]3OCc4cnnn4[C@H]3C2)no1. The molecule has 0 unspecified atom stereocenters. The number of hydrogen-bond donors (Lipinski definition) is 0. The Morgan fingerprint density at radius 3 is 3.14 bits per heavy atom. The summed E-state index contributed by atoms with van der Waals surface area (Å²) in [6.07, 6.45) is 3.05. The van der Waals surface area contributed by atoms with Crippen molar-refractivity contribution in [2.45, 2.75) is 51.5 Å². The van der Waals surface area contributed by atoms with Gasteiger partial charge in [0, 0.05) is 31.6 Å². The quantitative estimate of drug-likeness (QED) is 0.860. The molecule has 22 heavy (non-hydrogen) atoms. The van der Waals surface area contributed by atoms with Crippen LogP contribution in [0.25, 0.3) is 0 Å². The lowest BCUT2D eigenvalue weighted by molar-refractivity contribution is -0.0672. The fourth-order valence-corrected chi connectivity index (χ4v) is 3.29. The van der Waals surface area contributed by atoms with E-state index < -0.39 is 0 Å². The van der Waals surface area contributed by atoms with Gasteiger partial charge in [-0.1, -0.05) is 24.2 Å². The number of ether oxygens (including phenoxy) is 1. The smallest absolute Gasteiger partial charge is 0.139 e. The maximum atomic E-state index is 5.94. The van der Waals surface area contributed by atoms with Crippen molar-refractivity contribution < 1.29 is 9.26 Å². The van der Waals surface area contributed by atoms with Crippen LogP contribution in [0.4, 0.5) is 0 Å². The standard InChI is InChI=1S/C15H21N5O2/c1-10(2)15-5-11(17-22-15)7-19-4-3-14-13(8-19)20-12(9-21-14)6-16-18-20/h5-6,10,13-14H,3-4,7-9H2,1-2H3/t13-,14+/m0/s1. The first kappa shape index (κ1) is 13.9. The zero-order valence-corrected chi connectivity index (χ0v) is 13.0. The van der Waals surface area contributed by atoms with Crippen molar-refractivity contribution >= 4 is 0 Å². The van der Waals surface area contributed by atoms with Gasteiger partial charge in [-0.25, -0.2) is 4.68 Å². The number of piperidine rings is 1. The van der Waals surface area contributed by atoms with Gasteiger partial charge >= 0.3 is 0 Å². The molecule has 1 fully saturated rings. The van der Waals surface area contributed by atoms with E-state index >= 15 is 0 Å². The minimum Gasteiger partial charge on any atom is -0.370 e. The van der Waals surface area contributed by atoms with Crippen molar-refractivity contribution in [2.24, 2.45) is 0 Å². The molecular formula is C15H21N5O2. The predicted octanol–water partition coefficient (Wildman–Crippen LogP) is 1.74. The van der Waals surface area contributed by atoms with E-state index in [1.54, 1.807) is 6.20 Å². The first-order valence-corrected chi connectivity index (χ1v) is 7.89. The first-order valence-electron chi connectivity index (χ1n) is 7.89. The average Bonchev–Trinajstić information content (AvgIpc) is 3.15. The highest BCUT2D eigenvalue weighted by atomic mass is 16.5. The Morgan fingerprint density at radius 2 is 2.32 bits per heavy atom. The number of fused-ring (bicyclic) bond motifs is 3. The van der Waals surface area contributed by atoms with Crippen molar-refractivity contribution in [1.29, 1.82) is 0 Å². The molecule has 0 spiro atoms. The van der Waals surface area contributed by atoms with Gasteiger partial charge in [-0.3, -0.25) is 4.90 Å². The van der Waals surface area contributed by atoms with Crippen LogP contribution in [0.1, 0.15) is 49.4 Å². The monoisotopic (exact) mass is 303 g/mol. The topological polar surface area (TPSA) is 69.2 Å². The van der Waals surface area contributed by atoms with E-state index in [4.69, 9.17) is 9.26 Å². The summed E-state index contributed by atoms with van der Waals surface area (Å²) < 4.78 is 13.4. The average molecular weight is 303 g/mol. The summed E-state index contributed by atoms with van der Waals surface area (Å²) in [4.78, 5) is 2.39. The number of likely N-dealkylation sites (tertiary alicyclic amines) is 1. The molecule has 0 bridgehead atoms. The van der Waals surface area contributed by atoms with E-state index in [1.807, 2.05) is 4.68 Å². The molecule has 2 atom stereocenters. The minimum absolute atomic E-state index is 0.244. The Bertz CT molecular complexity index is 650. The van der Waals surface area contributed by atoms with E-state index in [9.17, 15) is 0 Å². The Hall–Kier alpha value is -1.73. The number of aromatic nitrogens is 4. The van der Waals surface area contributed by atoms with Gasteiger partial charge < -0.3 is 9.26 Å². The van der Waals surface area contributed by atoms with Gasteiger partial charge in [0.25, 0.3) is 0 Å². The molecule has 0 amide bonds. The molecule has 1 saturated heterocycles. The Balaban J connectivity index is 1.47. The summed E-state index contributed by atoms with van der Waals surface area (Å²) in [5.74, 6) is 1.32. The van der Waals surface area contributed by atoms with Crippen LogP contribution in [0.15, 0.2) is 16.8 Å². The van der Waals surface area contributed by atoms with Crippen LogP contribution in [0, 0.1) is 0 Å². The molecule has 0 aliphatic carbocycles. The molecule has 0 radical (unpaired) electrons. The lowest BCUT2D eigenvalue weighted by Crippen LogP contribution is -2.47. The molecule has 7 nitrogen and oxygen atoms in total. The van der Waals surface area contributed by atoms with Crippen LogP contribution >= 0.6 is 0 Å². The minimum atomic E-state index is 0.244. The van der Waals surface area contributed by atoms with Crippen molar-refractivity contribution in [1.82, 2.24) is 25.1 Å². The molecule has 0 N–H and O–H groups in total. The predicted molar refractivity (Wildman–Crippen MR) is 78.1 cm³/mol. The normalized spacial score (nSPS) is 25.2. The molecule has 0 saturated carbocycles. The van der Waals surface area contributed by atoms with Crippen LogP contribution in [0.5, 0.6) is 0 Å². The second-order valence-corrected chi connectivity index (χ2v) is 6.49. The van der Waals surface area contributed by atoms with Crippen LogP contribution in [-0.4, -0.2) is 44.2 Å². The molecule has 4 heterocycles. The van der Waals surface area contributed by atoms with Crippen molar-refractivity contribution in [3.05, 3.63) is 29.4 Å². The Kier molecular flexibility index (Phi) is 3.46. The summed E-state index contributed by atoms with van der Waals surface area (Å²) in [5, 5.41) is 12.4. The lowest BCUT2D eigenvalue weighted by Gasteiger charge is -2.40. The van der Waals surface area contributed by atoms with Crippen molar-refractivity contribution in [3.8, 4) is 0 Å². The van der Waals surface area contributed by atoms with Gasteiger partial charge in [0.05, 0.1) is 36.3 Å². The van der Waals surface area contributed by atoms with E-state index in [1.165, 1.54) is 0 Å². The highest BCUT2D eigenvalue weighted by Crippen LogP contribution is 2.30. The summed E-state index contributed by atoms with van der Waals surface area (Å²) in [5.41, 5.74) is 2.06. The van der Waals surface area contributed by atoms with Crippen molar-refractivity contribution in [3.63, 3.8) is 0 Å². The zero-order valence-electron chi connectivity index (χ0n) is 13.0. The second kappa shape index (κ2) is 5.48. The number of hydrogen-bond acceptors (Lipinski definition) is 6. The van der Waals surface area contributed by atoms with Crippen LogP contribution in [0.3, 0.4) is 0 Å². The Morgan fingerprint density at radius 1 is 1.41 bits per heavy atom. The van der Waals surface area contributed by atoms with Crippen molar-refractivity contribution in [2.75, 3.05) is 13.1 Å². The van der Waals surface area contributed by atoms with Gasteiger partial charge in [-0.2, -0.15) is 0 Å². The van der Waals surface area contributed by atoms with E-state index in [0.29, 0.717) is 12.5 Å². The Labute approximate surface area is 129 Å². The highest BCUT2D eigenvalue weighted by Gasteiger charge is 2.36. The maximum absolute atomic E-state index is 5.94. The van der Waals surface area contributed by atoms with Crippen LogP contribution in [-0.2, 0) is 17.9 Å². The summed E-state index contributed by atoms with van der Waals surface area (Å²) >= 11 is 0. The summed E-state index contributed by atoms with van der Waals surface area (Å²) in [6, 6.07) is 2.31. The fourth-order valence-electron chi connectivity index (χ4n) is 3.29. The molecule has 0 aromatic carbocycles.